The molecule has 0 saturated heterocycles. The molecule has 2 unspecified atom stereocenters. The average molecular weight is 240 g/mol. The van der Waals surface area contributed by atoms with Crippen LogP contribution in [0.25, 0.3) is 0 Å². The van der Waals surface area contributed by atoms with Crippen LogP contribution in [0.3, 0.4) is 0 Å². The van der Waals surface area contributed by atoms with Crippen LogP contribution in [0.15, 0.2) is 6.07 Å². The smallest absolute Gasteiger partial charge is 0.338 e. The molecule has 0 fully saturated rings. The lowest BCUT2D eigenvalue weighted by molar-refractivity contribution is 0.0696. The highest BCUT2D eigenvalue weighted by atomic mass is 35.5. The largest absolute Gasteiger partial charge is 0.478 e. The summed E-state index contributed by atoms with van der Waals surface area (Å²) in [5.74, 6) is -0.0811. The van der Waals surface area contributed by atoms with Gasteiger partial charge in [0.2, 0.25) is 0 Å². The first-order valence-corrected chi connectivity index (χ1v) is 5.81. The molecule has 0 saturated carbocycles. The lowest BCUT2D eigenvalue weighted by atomic mass is 9.80. The molecule has 2 rings (SSSR count). The summed E-state index contributed by atoms with van der Waals surface area (Å²) in [5.41, 5.74) is 2.11. The third kappa shape index (κ3) is 1.80. The molecule has 0 amide bonds. The Balaban J connectivity index is 2.52. The van der Waals surface area contributed by atoms with E-state index in [-0.39, 0.29) is 10.7 Å². The SMILES string of the molecule is CC1CCc2cc(C(=O)O)c(Cl)nc2C1C. The second-order valence-corrected chi connectivity index (χ2v) is 4.84. The molecule has 0 spiro atoms. The highest BCUT2D eigenvalue weighted by Crippen LogP contribution is 2.35. The number of aromatic carboxylic acids is 1. The van der Waals surface area contributed by atoms with Crippen LogP contribution < -0.4 is 0 Å². The van der Waals surface area contributed by atoms with Gasteiger partial charge in [0, 0.05) is 11.6 Å². The van der Waals surface area contributed by atoms with Gasteiger partial charge in [-0.2, -0.15) is 0 Å². The molecule has 4 heteroatoms. The number of aromatic nitrogens is 1. The van der Waals surface area contributed by atoms with E-state index in [0.29, 0.717) is 11.8 Å². The Kier molecular flexibility index (Phi) is 2.89. The third-order valence-electron chi connectivity index (χ3n) is 3.47. The Morgan fingerprint density at radius 3 is 2.88 bits per heavy atom. The normalized spacial score (nSPS) is 23.9. The van der Waals surface area contributed by atoms with Gasteiger partial charge in [-0.1, -0.05) is 25.4 Å². The maximum atomic E-state index is 10.9. The fourth-order valence-electron chi connectivity index (χ4n) is 2.19. The van der Waals surface area contributed by atoms with Crippen LogP contribution in [0.5, 0.6) is 0 Å². The fourth-order valence-corrected chi connectivity index (χ4v) is 2.42. The van der Waals surface area contributed by atoms with Crippen molar-refractivity contribution in [3.63, 3.8) is 0 Å². The molecule has 0 aromatic carbocycles. The summed E-state index contributed by atoms with van der Waals surface area (Å²) < 4.78 is 0. The molecule has 16 heavy (non-hydrogen) atoms. The Hall–Kier alpha value is -1.09. The zero-order chi connectivity index (χ0) is 11.9. The minimum atomic E-state index is -1.01. The van der Waals surface area contributed by atoms with E-state index in [1.807, 2.05) is 0 Å². The van der Waals surface area contributed by atoms with Gasteiger partial charge in [0.1, 0.15) is 5.15 Å². The number of carboxylic acid groups (broad SMARTS) is 1. The number of nitrogens with zero attached hydrogens (tertiary/aromatic N) is 1. The maximum absolute atomic E-state index is 10.9. The molecule has 2 atom stereocenters. The number of carboxylic acids is 1. The summed E-state index contributed by atoms with van der Waals surface area (Å²) in [6.45, 7) is 4.31. The summed E-state index contributed by atoms with van der Waals surface area (Å²) >= 11 is 5.88. The molecule has 1 aliphatic rings. The van der Waals surface area contributed by atoms with Crippen LogP contribution in [0.2, 0.25) is 5.15 Å². The first kappa shape index (κ1) is 11.4. The number of carbonyl (C=O) groups is 1. The van der Waals surface area contributed by atoms with Gasteiger partial charge in [0.15, 0.2) is 0 Å². The van der Waals surface area contributed by atoms with Gasteiger partial charge >= 0.3 is 5.97 Å². The molecule has 1 aliphatic carbocycles. The number of halogens is 1. The van der Waals surface area contributed by atoms with Crippen LogP contribution in [0.1, 0.15) is 47.8 Å². The molecule has 0 radical (unpaired) electrons. The number of aryl methyl sites for hydroxylation is 1. The van der Waals surface area contributed by atoms with Gasteiger partial charge in [0.05, 0.1) is 5.56 Å². The second kappa shape index (κ2) is 4.06. The van der Waals surface area contributed by atoms with Crippen LogP contribution in [-0.2, 0) is 6.42 Å². The summed E-state index contributed by atoms with van der Waals surface area (Å²) in [7, 11) is 0. The molecule has 0 bridgehead atoms. The van der Waals surface area contributed by atoms with Gasteiger partial charge in [-0.3, -0.25) is 0 Å². The van der Waals surface area contributed by atoms with Crippen molar-refractivity contribution in [3.05, 3.63) is 28.0 Å². The first-order chi connectivity index (χ1) is 7.50. The highest BCUT2D eigenvalue weighted by Gasteiger charge is 2.26. The summed E-state index contributed by atoms with van der Waals surface area (Å²) in [5, 5.41) is 9.06. The van der Waals surface area contributed by atoms with Crippen LogP contribution in [0.4, 0.5) is 0 Å². The fraction of sp³-hybridized carbons (Fsp3) is 0.500. The van der Waals surface area contributed by atoms with Gasteiger partial charge in [0.25, 0.3) is 0 Å². The Morgan fingerprint density at radius 1 is 1.56 bits per heavy atom. The van der Waals surface area contributed by atoms with Crippen molar-refractivity contribution in [3.8, 4) is 0 Å². The molecule has 0 aliphatic heterocycles. The highest BCUT2D eigenvalue weighted by molar-refractivity contribution is 6.32. The van der Waals surface area contributed by atoms with Crippen molar-refractivity contribution in [1.29, 1.82) is 0 Å². The lowest BCUT2D eigenvalue weighted by Gasteiger charge is -2.27. The molecule has 1 heterocycles. The van der Waals surface area contributed by atoms with Crippen LogP contribution in [0, 0.1) is 5.92 Å². The van der Waals surface area contributed by atoms with E-state index in [2.05, 4.69) is 18.8 Å². The number of pyridine rings is 1. The average Bonchev–Trinajstić information content (AvgIpc) is 2.23. The third-order valence-corrected chi connectivity index (χ3v) is 3.76. The first-order valence-electron chi connectivity index (χ1n) is 5.43. The predicted molar refractivity (Wildman–Crippen MR) is 62.1 cm³/mol. The van der Waals surface area contributed by atoms with Crippen molar-refractivity contribution < 1.29 is 9.90 Å². The van der Waals surface area contributed by atoms with Crippen molar-refractivity contribution in [2.45, 2.75) is 32.6 Å². The predicted octanol–water partition coefficient (Wildman–Crippen LogP) is 3.12. The van der Waals surface area contributed by atoms with Crippen molar-refractivity contribution in [2.75, 3.05) is 0 Å². The van der Waals surface area contributed by atoms with Gasteiger partial charge in [-0.15, -0.1) is 0 Å². The summed E-state index contributed by atoms with van der Waals surface area (Å²) in [4.78, 5) is 15.2. The molecule has 1 aromatic heterocycles. The topological polar surface area (TPSA) is 50.2 Å². The molecule has 1 N–H and O–H groups in total. The van der Waals surface area contributed by atoms with E-state index < -0.39 is 5.97 Å². The molecule has 3 nitrogen and oxygen atoms in total. The van der Waals surface area contributed by atoms with Gasteiger partial charge < -0.3 is 5.11 Å². The molecular weight excluding hydrogens is 226 g/mol. The number of hydrogen-bond donors (Lipinski definition) is 1. The van der Waals surface area contributed by atoms with Crippen LogP contribution in [-0.4, -0.2) is 16.1 Å². The second-order valence-electron chi connectivity index (χ2n) is 4.48. The number of hydrogen-bond acceptors (Lipinski definition) is 2. The molecular formula is C12H14ClNO2. The number of fused-ring (bicyclic) bond motifs is 1. The van der Waals surface area contributed by atoms with Crippen molar-refractivity contribution in [1.82, 2.24) is 4.98 Å². The quantitative estimate of drug-likeness (QED) is 0.766. The number of rotatable bonds is 1. The lowest BCUT2D eigenvalue weighted by Crippen LogP contribution is -2.19. The standard InChI is InChI=1S/C12H14ClNO2/c1-6-3-4-8-5-9(12(15)16)11(13)14-10(8)7(6)2/h5-7H,3-4H2,1-2H3,(H,15,16). The maximum Gasteiger partial charge on any atom is 0.338 e. The summed E-state index contributed by atoms with van der Waals surface area (Å²) in [6.07, 6.45) is 1.97. The zero-order valence-electron chi connectivity index (χ0n) is 9.33. The van der Waals surface area contributed by atoms with E-state index in [4.69, 9.17) is 16.7 Å². The Morgan fingerprint density at radius 2 is 2.25 bits per heavy atom. The van der Waals surface area contributed by atoms with E-state index in [1.165, 1.54) is 0 Å². The monoisotopic (exact) mass is 239 g/mol. The van der Waals surface area contributed by atoms with Crippen molar-refractivity contribution in [2.24, 2.45) is 5.92 Å². The Bertz CT molecular complexity index is 445. The minimum Gasteiger partial charge on any atom is -0.478 e. The van der Waals surface area contributed by atoms with E-state index in [1.54, 1.807) is 6.07 Å². The van der Waals surface area contributed by atoms with Crippen LogP contribution >= 0.6 is 11.6 Å². The summed E-state index contributed by atoms with van der Waals surface area (Å²) in [6, 6.07) is 1.68. The van der Waals surface area contributed by atoms with E-state index in [9.17, 15) is 4.79 Å². The van der Waals surface area contributed by atoms with Crippen molar-refractivity contribution >= 4 is 17.6 Å². The van der Waals surface area contributed by atoms with Gasteiger partial charge in [-0.25, -0.2) is 9.78 Å². The zero-order valence-corrected chi connectivity index (χ0v) is 10.1. The molecule has 86 valence electrons. The van der Waals surface area contributed by atoms with E-state index in [0.717, 1.165) is 24.1 Å². The van der Waals surface area contributed by atoms with Gasteiger partial charge in [-0.05, 0) is 30.4 Å². The van der Waals surface area contributed by atoms with E-state index >= 15 is 0 Å². The Labute approximate surface area is 99.5 Å². The molecule has 1 aromatic rings. The minimum absolute atomic E-state index is 0.104.